The van der Waals surface area contributed by atoms with Crippen LogP contribution in [0.15, 0.2) is 43.1 Å². The molecule has 0 aliphatic carbocycles. The van der Waals surface area contributed by atoms with Crippen LogP contribution in [-0.4, -0.2) is 55.2 Å². The van der Waals surface area contributed by atoms with E-state index in [1.54, 1.807) is 35.4 Å². The zero-order valence-electron chi connectivity index (χ0n) is 13.8. The van der Waals surface area contributed by atoms with Crippen molar-refractivity contribution in [3.05, 3.63) is 43.1 Å². The summed E-state index contributed by atoms with van der Waals surface area (Å²) < 4.78 is 21.1. The molecular weight excluding hydrogens is 339 g/mol. The summed E-state index contributed by atoms with van der Waals surface area (Å²) in [6, 6.07) is 5.10. The van der Waals surface area contributed by atoms with Crippen molar-refractivity contribution in [3.8, 4) is 28.7 Å². The zero-order chi connectivity index (χ0) is 17.9. The topological polar surface area (TPSA) is 98.0 Å². The van der Waals surface area contributed by atoms with Crippen molar-refractivity contribution >= 4 is 0 Å². The standard InChI is InChI=1S/C17H17FN6O2/c18-13-8-19-4-3-15(13)26-16-9-21-17(23-22-16)12-2-1-11(7-14(12)25)24-6-5-20-10-24/h1-2,5-7,9-10,13,15,19,25H,3-4,8H2/t13-,15+/m1/s1. The lowest BCUT2D eigenvalue weighted by Gasteiger charge is -2.26. The molecule has 1 fully saturated rings. The van der Waals surface area contributed by atoms with Gasteiger partial charge >= 0.3 is 0 Å². The maximum absolute atomic E-state index is 13.8. The molecule has 0 saturated carbocycles. The highest BCUT2D eigenvalue weighted by atomic mass is 19.1. The molecule has 0 unspecified atom stereocenters. The highest BCUT2D eigenvalue weighted by Gasteiger charge is 2.26. The Kier molecular flexibility index (Phi) is 4.44. The van der Waals surface area contributed by atoms with Gasteiger partial charge in [-0.05, 0) is 25.1 Å². The Balaban J connectivity index is 1.51. The number of imidazole rings is 1. The van der Waals surface area contributed by atoms with Gasteiger partial charge in [0.05, 0.1) is 23.8 Å². The number of aromatic hydroxyl groups is 1. The number of hydrogen-bond donors (Lipinski definition) is 2. The second-order valence-electron chi connectivity index (χ2n) is 5.96. The molecule has 1 aliphatic heterocycles. The van der Waals surface area contributed by atoms with Crippen LogP contribution in [0, 0.1) is 0 Å². The number of aromatic nitrogens is 5. The Morgan fingerprint density at radius 1 is 1.31 bits per heavy atom. The van der Waals surface area contributed by atoms with Crippen molar-refractivity contribution in [2.45, 2.75) is 18.7 Å². The lowest BCUT2D eigenvalue weighted by molar-refractivity contribution is 0.0681. The van der Waals surface area contributed by atoms with Crippen LogP contribution in [0.25, 0.3) is 17.1 Å². The Morgan fingerprint density at radius 2 is 2.23 bits per heavy atom. The van der Waals surface area contributed by atoms with Crippen LogP contribution in [-0.2, 0) is 0 Å². The Labute approximate surface area is 148 Å². The van der Waals surface area contributed by atoms with Gasteiger partial charge in [0.25, 0.3) is 5.88 Å². The predicted molar refractivity (Wildman–Crippen MR) is 90.8 cm³/mol. The Hall–Kier alpha value is -3.07. The summed E-state index contributed by atoms with van der Waals surface area (Å²) in [4.78, 5) is 8.15. The van der Waals surface area contributed by atoms with Crippen LogP contribution in [0.5, 0.6) is 11.6 Å². The SMILES string of the molecule is Oc1cc(-n2ccnc2)ccc1-c1ncc(O[C@H]2CCNC[C@H]2F)nn1. The zero-order valence-corrected chi connectivity index (χ0v) is 13.8. The van der Waals surface area contributed by atoms with E-state index in [4.69, 9.17) is 4.74 Å². The van der Waals surface area contributed by atoms with Crippen LogP contribution in [0.1, 0.15) is 6.42 Å². The molecule has 4 rings (SSSR count). The van der Waals surface area contributed by atoms with Gasteiger partial charge in [0.1, 0.15) is 18.0 Å². The van der Waals surface area contributed by atoms with Gasteiger partial charge in [-0.1, -0.05) is 0 Å². The predicted octanol–water partition coefficient (Wildman–Crippen LogP) is 1.51. The van der Waals surface area contributed by atoms with E-state index < -0.39 is 12.3 Å². The summed E-state index contributed by atoms with van der Waals surface area (Å²) in [5, 5.41) is 21.2. The number of alkyl halides is 1. The van der Waals surface area contributed by atoms with Gasteiger partial charge in [-0.25, -0.2) is 14.4 Å². The first-order valence-corrected chi connectivity index (χ1v) is 8.23. The third-order valence-electron chi connectivity index (χ3n) is 4.19. The number of nitrogens with zero attached hydrogens (tertiary/aromatic N) is 5. The fourth-order valence-corrected chi connectivity index (χ4v) is 2.81. The van der Waals surface area contributed by atoms with Crippen molar-refractivity contribution in [2.75, 3.05) is 13.1 Å². The minimum atomic E-state index is -1.09. The Morgan fingerprint density at radius 3 is 2.92 bits per heavy atom. The largest absolute Gasteiger partial charge is 0.507 e. The number of hydrogen-bond acceptors (Lipinski definition) is 7. The van der Waals surface area contributed by atoms with Crippen LogP contribution in [0.2, 0.25) is 0 Å². The summed E-state index contributed by atoms with van der Waals surface area (Å²) in [5.41, 5.74) is 1.20. The lowest BCUT2D eigenvalue weighted by Crippen LogP contribution is -2.44. The molecule has 0 radical (unpaired) electrons. The van der Waals surface area contributed by atoms with Crippen molar-refractivity contribution in [1.29, 1.82) is 0 Å². The summed E-state index contributed by atoms with van der Waals surface area (Å²) in [5.74, 6) is 0.445. The highest BCUT2D eigenvalue weighted by molar-refractivity contribution is 5.65. The van der Waals surface area contributed by atoms with Crippen LogP contribution in [0.3, 0.4) is 0 Å². The monoisotopic (exact) mass is 356 g/mol. The minimum absolute atomic E-state index is 0.0221. The Bertz CT molecular complexity index is 871. The van der Waals surface area contributed by atoms with Gasteiger partial charge in [0.2, 0.25) is 0 Å². The van der Waals surface area contributed by atoms with Crippen molar-refractivity contribution in [1.82, 2.24) is 30.0 Å². The van der Waals surface area contributed by atoms with Crippen LogP contribution in [0.4, 0.5) is 4.39 Å². The first kappa shape index (κ1) is 16.4. The molecular formula is C17H17FN6O2. The van der Waals surface area contributed by atoms with E-state index in [0.29, 0.717) is 18.5 Å². The highest BCUT2D eigenvalue weighted by Crippen LogP contribution is 2.28. The maximum Gasteiger partial charge on any atom is 0.252 e. The normalized spacial score (nSPS) is 20.0. The maximum atomic E-state index is 13.8. The molecule has 1 aliphatic rings. The molecule has 1 saturated heterocycles. The average Bonchev–Trinajstić information content (AvgIpc) is 3.19. The molecule has 3 heterocycles. The van der Waals surface area contributed by atoms with Gasteiger partial charge in [-0.2, -0.15) is 0 Å². The molecule has 3 aromatic rings. The van der Waals surface area contributed by atoms with Crippen molar-refractivity contribution < 1.29 is 14.2 Å². The fourth-order valence-electron chi connectivity index (χ4n) is 2.81. The molecule has 0 bridgehead atoms. The number of rotatable bonds is 4. The van der Waals surface area contributed by atoms with E-state index >= 15 is 0 Å². The molecule has 2 atom stereocenters. The third-order valence-corrected chi connectivity index (χ3v) is 4.19. The molecule has 2 N–H and O–H groups in total. The number of halogens is 1. The van der Waals surface area contributed by atoms with Gasteiger partial charge in [0, 0.05) is 25.0 Å². The number of phenolic OH excluding ortho intramolecular Hbond substituents is 1. The quantitative estimate of drug-likeness (QED) is 0.731. The van der Waals surface area contributed by atoms with Crippen molar-refractivity contribution in [3.63, 3.8) is 0 Å². The van der Waals surface area contributed by atoms with E-state index in [2.05, 4.69) is 25.5 Å². The van der Waals surface area contributed by atoms with E-state index in [0.717, 1.165) is 5.69 Å². The van der Waals surface area contributed by atoms with Gasteiger partial charge in [-0.3, -0.25) is 0 Å². The summed E-state index contributed by atoms with van der Waals surface area (Å²) in [6.07, 6.45) is 5.36. The van der Waals surface area contributed by atoms with E-state index in [-0.39, 0.29) is 24.0 Å². The average molecular weight is 356 g/mol. The number of nitrogens with one attached hydrogen (secondary N) is 1. The molecule has 2 aromatic heterocycles. The molecule has 134 valence electrons. The second kappa shape index (κ2) is 7.04. The van der Waals surface area contributed by atoms with E-state index in [1.165, 1.54) is 6.20 Å². The number of piperidine rings is 1. The molecule has 9 heteroatoms. The fraction of sp³-hybridized carbons (Fsp3) is 0.294. The molecule has 0 spiro atoms. The first-order chi connectivity index (χ1) is 12.7. The number of phenols is 1. The third kappa shape index (κ3) is 3.33. The number of ether oxygens (including phenoxy) is 1. The molecule has 8 nitrogen and oxygen atoms in total. The number of benzene rings is 1. The minimum Gasteiger partial charge on any atom is -0.507 e. The summed E-state index contributed by atoms with van der Waals surface area (Å²) in [7, 11) is 0. The van der Waals surface area contributed by atoms with Crippen LogP contribution < -0.4 is 10.1 Å². The molecule has 26 heavy (non-hydrogen) atoms. The van der Waals surface area contributed by atoms with Gasteiger partial charge < -0.3 is 19.7 Å². The van der Waals surface area contributed by atoms with Crippen molar-refractivity contribution in [2.24, 2.45) is 0 Å². The van der Waals surface area contributed by atoms with E-state index in [9.17, 15) is 9.50 Å². The second-order valence-corrected chi connectivity index (χ2v) is 5.96. The van der Waals surface area contributed by atoms with E-state index in [1.807, 2.05) is 6.07 Å². The van der Waals surface area contributed by atoms with Crippen LogP contribution >= 0.6 is 0 Å². The van der Waals surface area contributed by atoms with Gasteiger partial charge in [-0.15, -0.1) is 10.2 Å². The summed E-state index contributed by atoms with van der Waals surface area (Å²) in [6.45, 7) is 0.960. The molecule has 1 aromatic carbocycles. The van der Waals surface area contributed by atoms with Gasteiger partial charge in [0.15, 0.2) is 5.82 Å². The smallest absolute Gasteiger partial charge is 0.252 e. The molecule has 0 amide bonds. The summed E-state index contributed by atoms with van der Waals surface area (Å²) >= 11 is 0. The first-order valence-electron chi connectivity index (χ1n) is 8.23. The lowest BCUT2D eigenvalue weighted by atomic mass is 10.1.